The normalized spacial score (nSPS) is 11.6. The van der Waals surface area contributed by atoms with Gasteiger partial charge in [0.05, 0.1) is 0 Å². The Bertz CT molecular complexity index is 3170. The molecule has 0 N–H and O–H groups in total. The molecule has 0 atom stereocenters. The number of anilines is 3. The van der Waals surface area contributed by atoms with Gasteiger partial charge in [-0.25, -0.2) is 0 Å². The number of nitrogens with zero attached hydrogens (tertiary/aromatic N) is 1. The zero-order valence-electron chi connectivity index (χ0n) is 29.8. The third-order valence-corrected chi connectivity index (χ3v) is 10.9. The Morgan fingerprint density at radius 1 is 0.291 bits per heavy atom. The Labute approximate surface area is 317 Å². The van der Waals surface area contributed by atoms with Crippen molar-refractivity contribution in [3.05, 3.63) is 200 Å². The van der Waals surface area contributed by atoms with Gasteiger partial charge in [0.2, 0.25) is 0 Å². The second kappa shape index (κ2) is 12.6. The van der Waals surface area contributed by atoms with Crippen LogP contribution < -0.4 is 4.90 Å². The van der Waals surface area contributed by atoms with Gasteiger partial charge in [0.15, 0.2) is 0 Å². The minimum absolute atomic E-state index is 0.896. The summed E-state index contributed by atoms with van der Waals surface area (Å²) < 4.78 is 12.7. The molecule has 258 valence electrons. The highest BCUT2D eigenvalue weighted by atomic mass is 16.3. The van der Waals surface area contributed by atoms with Gasteiger partial charge in [-0.1, -0.05) is 140 Å². The van der Waals surface area contributed by atoms with Gasteiger partial charge >= 0.3 is 0 Å². The third-order valence-electron chi connectivity index (χ3n) is 10.9. The molecular formula is C52H33NO2. The van der Waals surface area contributed by atoms with Gasteiger partial charge in [-0.15, -0.1) is 0 Å². The molecule has 11 aromatic rings. The van der Waals surface area contributed by atoms with Crippen LogP contribution in [0, 0.1) is 0 Å². The summed E-state index contributed by atoms with van der Waals surface area (Å²) in [6.07, 6.45) is 0. The van der Waals surface area contributed by atoms with E-state index in [0.717, 1.165) is 88.6 Å². The summed E-state index contributed by atoms with van der Waals surface area (Å²) in [7, 11) is 0. The second-order valence-electron chi connectivity index (χ2n) is 14.1. The topological polar surface area (TPSA) is 29.5 Å². The van der Waals surface area contributed by atoms with E-state index >= 15 is 0 Å². The highest BCUT2D eigenvalue weighted by molar-refractivity contribution is 6.19. The minimum atomic E-state index is 0.896. The fourth-order valence-electron chi connectivity index (χ4n) is 8.27. The van der Waals surface area contributed by atoms with E-state index in [1.807, 2.05) is 12.1 Å². The van der Waals surface area contributed by atoms with E-state index in [2.05, 4.69) is 193 Å². The van der Waals surface area contributed by atoms with Crippen molar-refractivity contribution in [2.24, 2.45) is 0 Å². The first-order valence-corrected chi connectivity index (χ1v) is 18.7. The van der Waals surface area contributed by atoms with E-state index in [9.17, 15) is 0 Å². The van der Waals surface area contributed by atoms with Gasteiger partial charge in [0.1, 0.15) is 22.3 Å². The van der Waals surface area contributed by atoms with Gasteiger partial charge in [-0.2, -0.15) is 0 Å². The van der Waals surface area contributed by atoms with Crippen LogP contribution in [0.2, 0.25) is 0 Å². The number of hydrogen-bond acceptors (Lipinski definition) is 3. The standard InChI is InChI=1S/C52H33NO2/c1-2-10-34(11-3-1)35-20-27-39(28-21-35)53(40-29-22-37(23-30-40)42-15-8-18-48-50(42)45-14-6-7-17-47(45)54-48)41-31-24-38(25-32-41)43-16-9-19-49-51(43)46-33-26-36-12-4-5-13-44(36)52(46)55-49/h1-33H. The molecule has 0 aliphatic rings. The maximum Gasteiger partial charge on any atom is 0.143 e. The molecule has 0 aliphatic carbocycles. The average molecular weight is 704 g/mol. The summed E-state index contributed by atoms with van der Waals surface area (Å²) in [6.45, 7) is 0. The number of furan rings is 2. The van der Waals surface area contributed by atoms with Crippen LogP contribution >= 0.6 is 0 Å². The summed E-state index contributed by atoms with van der Waals surface area (Å²) in [6, 6.07) is 70.9. The highest BCUT2D eigenvalue weighted by Crippen LogP contribution is 2.43. The van der Waals surface area contributed by atoms with Crippen LogP contribution in [-0.4, -0.2) is 0 Å². The molecule has 11 rings (SSSR count). The minimum Gasteiger partial charge on any atom is -0.456 e. The largest absolute Gasteiger partial charge is 0.456 e. The first kappa shape index (κ1) is 31.2. The molecule has 0 saturated carbocycles. The molecule has 0 saturated heterocycles. The van der Waals surface area contributed by atoms with Crippen molar-refractivity contribution in [1.29, 1.82) is 0 Å². The van der Waals surface area contributed by atoms with Crippen molar-refractivity contribution in [1.82, 2.24) is 0 Å². The molecule has 0 spiro atoms. The summed E-state index contributed by atoms with van der Waals surface area (Å²) in [5.74, 6) is 0. The van der Waals surface area contributed by atoms with E-state index in [4.69, 9.17) is 8.83 Å². The molecule has 2 heterocycles. The molecule has 0 unspecified atom stereocenters. The van der Waals surface area contributed by atoms with Crippen LogP contribution in [0.4, 0.5) is 17.1 Å². The van der Waals surface area contributed by atoms with Crippen LogP contribution in [-0.2, 0) is 0 Å². The Morgan fingerprint density at radius 2 is 0.782 bits per heavy atom. The molecule has 0 radical (unpaired) electrons. The molecule has 0 bridgehead atoms. The molecule has 2 aromatic heterocycles. The van der Waals surface area contributed by atoms with Crippen molar-refractivity contribution in [2.75, 3.05) is 4.90 Å². The van der Waals surface area contributed by atoms with Crippen molar-refractivity contribution in [2.45, 2.75) is 0 Å². The van der Waals surface area contributed by atoms with Crippen LogP contribution in [0.15, 0.2) is 209 Å². The van der Waals surface area contributed by atoms with E-state index in [1.165, 1.54) is 16.5 Å². The Balaban J connectivity index is 1.01. The van der Waals surface area contributed by atoms with E-state index < -0.39 is 0 Å². The maximum atomic E-state index is 6.52. The van der Waals surface area contributed by atoms with Gasteiger partial charge < -0.3 is 13.7 Å². The van der Waals surface area contributed by atoms with Crippen molar-refractivity contribution >= 4 is 71.7 Å². The van der Waals surface area contributed by atoms with Gasteiger partial charge in [0, 0.05) is 44.0 Å². The van der Waals surface area contributed by atoms with E-state index in [-0.39, 0.29) is 0 Å². The number of benzene rings is 9. The number of para-hydroxylation sites is 1. The van der Waals surface area contributed by atoms with Crippen molar-refractivity contribution < 1.29 is 8.83 Å². The summed E-state index contributed by atoms with van der Waals surface area (Å²) in [5, 5.41) is 6.85. The lowest BCUT2D eigenvalue weighted by Crippen LogP contribution is -2.09. The quantitative estimate of drug-likeness (QED) is 0.173. The number of hydrogen-bond donors (Lipinski definition) is 0. The molecule has 9 aromatic carbocycles. The molecule has 55 heavy (non-hydrogen) atoms. The van der Waals surface area contributed by atoms with Gasteiger partial charge in [-0.05, 0) is 99.4 Å². The number of fused-ring (bicyclic) bond motifs is 8. The van der Waals surface area contributed by atoms with Crippen LogP contribution in [0.25, 0.3) is 88.0 Å². The highest BCUT2D eigenvalue weighted by Gasteiger charge is 2.18. The molecule has 0 aliphatic heterocycles. The second-order valence-corrected chi connectivity index (χ2v) is 14.1. The molecule has 3 nitrogen and oxygen atoms in total. The predicted octanol–water partition coefficient (Wildman–Crippen LogP) is 15.1. The molecule has 3 heteroatoms. The first-order valence-electron chi connectivity index (χ1n) is 18.7. The smallest absolute Gasteiger partial charge is 0.143 e. The maximum absolute atomic E-state index is 6.52. The monoisotopic (exact) mass is 703 g/mol. The fourth-order valence-corrected chi connectivity index (χ4v) is 8.27. The average Bonchev–Trinajstić information content (AvgIpc) is 3.84. The van der Waals surface area contributed by atoms with Crippen molar-refractivity contribution in [3.63, 3.8) is 0 Å². The Morgan fingerprint density at radius 3 is 1.44 bits per heavy atom. The van der Waals surface area contributed by atoms with Crippen molar-refractivity contribution in [3.8, 4) is 33.4 Å². The summed E-state index contributed by atoms with van der Waals surface area (Å²) >= 11 is 0. The Hall–Kier alpha value is -7.36. The molecule has 0 fully saturated rings. The lowest BCUT2D eigenvalue weighted by atomic mass is 9.97. The zero-order valence-corrected chi connectivity index (χ0v) is 29.8. The van der Waals surface area contributed by atoms with Crippen LogP contribution in [0.3, 0.4) is 0 Å². The lowest BCUT2D eigenvalue weighted by Gasteiger charge is -2.26. The summed E-state index contributed by atoms with van der Waals surface area (Å²) in [5.41, 5.74) is 13.8. The fraction of sp³-hybridized carbons (Fsp3) is 0. The SMILES string of the molecule is c1ccc(-c2ccc(N(c3ccc(-c4cccc5oc6ccccc6c45)cc3)c3ccc(-c4cccc5oc6c7ccccc7ccc6c45)cc3)cc2)cc1. The Kier molecular flexibility index (Phi) is 7.17. The van der Waals surface area contributed by atoms with Crippen LogP contribution in [0.5, 0.6) is 0 Å². The predicted molar refractivity (Wildman–Crippen MR) is 229 cm³/mol. The van der Waals surface area contributed by atoms with Gasteiger partial charge in [-0.3, -0.25) is 0 Å². The zero-order chi connectivity index (χ0) is 36.3. The van der Waals surface area contributed by atoms with E-state index in [1.54, 1.807) is 0 Å². The van der Waals surface area contributed by atoms with Crippen LogP contribution in [0.1, 0.15) is 0 Å². The van der Waals surface area contributed by atoms with Gasteiger partial charge in [0.25, 0.3) is 0 Å². The summed E-state index contributed by atoms with van der Waals surface area (Å²) in [4.78, 5) is 2.33. The third kappa shape index (κ3) is 5.20. The van der Waals surface area contributed by atoms with E-state index in [0.29, 0.717) is 0 Å². The number of rotatable bonds is 6. The molecule has 0 amide bonds. The first-order chi connectivity index (χ1) is 27.3. The lowest BCUT2D eigenvalue weighted by molar-refractivity contribution is 0.669. The molecular weight excluding hydrogens is 671 g/mol.